The van der Waals surface area contributed by atoms with Crippen molar-refractivity contribution in [3.63, 3.8) is 0 Å². The molecule has 0 spiro atoms. The van der Waals surface area contributed by atoms with Crippen LogP contribution in [-0.4, -0.2) is 33.7 Å². The van der Waals surface area contributed by atoms with Gasteiger partial charge in [-0.1, -0.05) is 73.2 Å². The summed E-state index contributed by atoms with van der Waals surface area (Å²) in [5.41, 5.74) is 11.7. The number of fused-ring (bicyclic) bond motifs is 3. The summed E-state index contributed by atoms with van der Waals surface area (Å²) in [6.45, 7) is 5.31. The number of benzene rings is 3. The van der Waals surface area contributed by atoms with Crippen LogP contribution < -0.4 is 5.32 Å². The van der Waals surface area contributed by atoms with Crippen molar-refractivity contribution in [2.75, 3.05) is 13.1 Å². The fraction of sp³-hybridized carbons (Fsp3) is 0.257. The Bertz CT molecular complexity index is 1660. The number of aromatic nitrogens is 2. The van der Waals surface area contributed by atoms with Gasteiger partial charge in [-0.2, -0.15) is 0 Å². The van der Waals surface area contributed by atoms with Gasteiger partial charge in [-0.3, -0.25) is 0 Å². The lowest BCUT2D eigenvalue weighted by Gasteiger charge is -2.28. The molecule has 2 aliphatic carbocycles. The Hall–Kier alpha value is -4.22. The number of carboxylic acid groups (broad SMARTS) is 1. The summed E-state index contributed by atoms with van der Waals surface area (Å²) in [6, 6.07) is 21.0. The van der Waals surface area contributed by atoms with Crippen molar-refractivity contribution in [2.45, 2.75) is 38.1 Å². The molecule has 1 fully saturated rings. The van der Waals surface area contributed by atoms with Crippen LogP contribution in [0.2, 0.25) is 0 Å². The van der Waals surface area contributed by atoms with Gasteiger partial charge in [0.05, 0.1) is 11.9 Å². The number of rotatable bonds is 5. The molecule has 1 aliphatic heterocycles. The van der Waals surface area contributed by atoms with Crippen LogP contribution in [0.3, 0.4) is 0 Å². The molecule has 0 bridgehead atoms. The monoisotopic (exact) mass is 527 g/mol. The molecule has 3 aromatic carbocycles. The molecule has 1 aromatic heterocycles. The molecular formula is C35H33N3O2. The largest absolute Gasteiger partial charge is 0.478 e. The zero-order chi connectivity index (χ0) is 27.2. The summed E-state index contributed by atoms with van der Waals surface area (Å²) in [5.74, 6) is -0.0199. The highest BCUT2D eigenvalue weighted by Gasteiger charge is 2.35. The highest BCUT2D eigenvalue weighted by molar-refractivity contribution is 5.89. The van der Waals surface area contributed by atoms with E-state index in [1.165, 1.54) is 46.2 Å². The molecule has 1 saturated heterocycles. The molecule has 2 N–H and O–H groups in total. The van der Waals surface area contributed by atoms with Crippen molar-refractivity contribution in [1.29, 1.82) is 0 Å². The van der Waals surface area contributed by atoms with E-state index in [-0.39, 0.29) is 5.92 Å². The van der Waals surface area contributed by atoms with Crippen LogP contribution in [0.1, 0.15) is 80.9 Å². The number of hydrogen-bond acceptors (Lipinski definition) is 3. The summed E-state index contributed by atoms with van der Waals surface area (Å²) in [6.07, 6.45) is 12.4. The molecule has 40 heavy (non-hydrogen) atoms. The number of nitrogens with one attached hydrogen (secondary N) is 1. The maximum Gasteiger partial charge on any atom is 0.335 e. The summed E-state index contributed by atoms with van der Waals surface area (Å²) >= 11 is 0. The van der Waals surface area contributed by atoms with Gasteiger partial charge in [-0.25, -0.2) is 9.78 Å². The molecule has 2 atom stereocenters. The molecule has 2 heterocycles. The van der Waals surface area contributed by atoms with Crippen LogP contribution in [0.4, 0.5) is 0 Å². The predicted octanol–water partition coefficient (Wildman–Crippen LogP) is 6.82. The minimum absolute atomic E-state index is 0.0708. The lowest BCUT2D eigenvalue weighted by Crippen LogP contribution is -2.29. The van der Waals surface area contributed by atoms with Crippen LogP contribution in [0, 0.1) is 5.92 Å². The minimum atomic E-state index is -0.900. The normalized spacial score (nSPS) is 20.1. The third-order valence-corrected chi connectivity index (χ3v) is 9.09. The number of allylic oxidation sites excluding steroid dienone is 2. The van der Waals surface area contributed by atoms with Crippen molar-refractivity contribution < 1.29 is 9.90 Å². The van der Waals surface area contributed by atoms with E-state index in [4.69, 9.17) is 0 Å². The van der Waals surface area contributed by atoms with Gasteiger partial charge in [0.2, 0.25) is 0 Å². The van der Waals surface area contributed by atoms with Crippen LogP contribution in [0.25, 0.3) is 17.7 Å². The quantitative estimate of drug-likeness (QED) is 0.263. The molecule has 0 amide bonds. The van der Waals surface area contributed by atoms with Crippen LogP contribution in [0.5, 0.6) is 0 Å². The number of hydrogen-bond donors (Lipinski definition) is 2. The van der Waals surface area contributed by atoms with Crippen molar-refractivity contribution >= 4 is 23.7 Å². The maximum atomic E-state index is 12.0. The zero-order valence-electron chi connectivity index (χ0n) is 22.7. The lowest BCUT2D eigenvalue weighted by molar-refractivity contribution is 0.0696. The first-order valence-electron chi connectivity index (χ1n) is 14.3. The van der Waals surface area contributed by atoms with E-state index in [1.54, 1.807) is 11.6 Å². The van der Waals surface area contributed by atoms with Crippen molar-refractivity contribution in [1.82, 2.24) is 14.9 Å². The van der Waals surface area contributed by atoms with Crippen molar-refractivity contribution in [2.24, 2.45) is 5.92 Å². The van der Waals surface area contributed by atoms with Gasteiger partial charge in [0, 0.05) is 30.8 Å². The minimum Gasteiger partial charge on any atom is -0.478 e. The van der Waals surface area contributed by atoms with E-state index >= 15 is 0 Å². The number of nitrogens with zero attached hydrogens (tertiary/aromatic N) is 2. The Morgan fingerprint density at radius 3 is 2.55 bits per heavy atom. The molecule has 5 heteroatoms. The fourth-order valence-electron chi connectivity index (χ4n) is 7.19. The van der Waals surface area contributed by atoms with Crippen LogP contribution in [-0.2, 0) is 6.54 Å². The second-order valence-corrected chi connectivity index (χ2v) is 11.3. The van der Waals surface area contributed by atoms with Crippen molar-refractivity contribution in [3.8, 4) is 0 Å². The molecule has 3 aliphatic rings. The third kappa shape index (κ3) is 4.22. The van der Waals surface area contributed by atoms with Gasteiger partial charge in [0.15, 0.2) is 0 Å². The molecular weight excluding hydrogens is 494 g/mol. The van der Waals surface area contributed by atoms with Gasteiger partial charge in [0.25, 0.3) is 0 Å². The molecule has 200 valence electrons. The number of carbonyl (C=O) groups is 1. The van der Waals surface area contributed by atoms with E-state index in [0.29, 0.717) is 17.4 Å². The Morgan fingerprint density at radius 2 is 1.77 bits per heavy atom. The Morgan fingerprint density at radius 1 is 0.975 bits per heavy atom. The molecule has 5 nitrogen and oxygen atoms in total. The van der Waals surface area contributed by atoms with Gasteiger partial charge in [-0.05, 0) is 88.5 Å². The van der Waals surface area contributed by atoms with E-state index in [9.17, 15) is 9.90 Å². The number of carboxylic acids is 1. The fourth-order valence-corrected chi connectivity index (χ4v) is 7.19. The highest BCUT2D eigenvalue weighted by Crippen LogP contribution is 2.49. The average molecular weight is 528 g/mol. The number of piperidine rings is 1. The standard InChI is InChI=1S/C35H33N3O2/c1-22-28-11-10-26(18-31(28)32(20-38-17-16-37-21-38)33(22)25-12-14-36-15-13-25)34-29-5-3-2-4-23(29)6-7-24-8-9-27(35(39)40)19-30(24)34/h2-11,16-19,21-22,25,34,36H,12-15,20H2,1H3,(H,39,40). The van der Waals surface area contributed by atoms with E-state index in [1.807, 2.05) is 24.7 Å². The Kier molecular flexibility index (Phi) is 6.24. The Labute approximate surface area is 234 Å². The SMILES string of the molecule is CC1C(C2CCNCC2)=C(Cn2ccnc2)c2cc(C3c4ccccc4C=Cc4ccc(C(=O)O)cc43)ccc21. The molecule has 0 radical (unpaired) electrons. The second-order valence-electron chi connectivity index (χ2n) is 11.3. The lowest BCUT2D eigenvalue weighted by atomic mass is 9.80. The van der Waals surface area contributed by atoms with Gasteiger partial charge in [0.1, 0.15) is 0 Å². The predicted molar refractivity (Wildman–Crippen MR) is 159 cm³/mol. The second kappa shape index (κ2) is 10.1. The van der Waals surface area contributed by atoms with Crippen LogP contribution in [0.15, 0.2) is 85.0 Å². The number of aromatic carboxylic acids is 1. The molecule has 7 rings (SSSR count). The topological polar surface area (TPSA) is 67.2 Å². The highest BCUT2D eigenvalue weighted by atomic mass is 16.4. The van der Waals surface area contributed by atoms with Gasteiger partial charge >= 0.3 is 5.97 Å². The Balaban J connectivity index is 1.41. The smallest absolute Gasteiger partial charge is 0.335 e. The molecule has 2 unspecified atom stereocenters. The first-order chi connectivity index (χ1) is 19.6. The van der Waals surface area contributed by atoms with Gasteiger partial charge < -0.3 is 15.0 Å². The first kappa shape index (κ1) is 24.8. The molecule has 0 saturated carbocycles. The summed E-state index contributed by atoms with van der Waals surface area (Å²) in [7, 11) is 0. The maximum absolute atomic E-state index is 12.0. The molecule has 4 aromatic rings. The summed E-state index contributed by atoms with van der Waals surface area (Å²) < 4.78 is 2.18. The average Bonchev–Trinajstić information content (AvgIpc) is 3.55. The van der Waals surface area contributed by atoms with Crippen LogP contribution >= 0.6 is 0 Å². The van der Waals surface area contributed by atoms with E-state index < -0.39 is 5.97 Å². The summed E-state index contributed by atoms with van der Waals surface area (Å²) in [5, 5.41) is 13.4. The first-order valence-corrected chi connectivity index (χ1v) is 14.3. The van der Waals surface area contributed by atoms with E-state index in [0.717, 1.165) is 30.8 Å². The van der Waals surface area contributed by atoms with Crippen molar-refractivity contribution in [3.05, 3.63) is 129 Å². The van der Waals surface area contributed by atoms with Gasteiger partial charge in [-0.15, -0.1) is 0 Å². The number of imidazole rings is 1. The zero-order valence-corrected chi connectivity index (χ0v) is 22.7. The van der Waals surface area contributed by atoms with E-state index in [2.05, 4.69) is 82.6 Å². The summed E-state index contributed by atoms with van der Waals surface area (Å²) in [4.78, 5) is 16.3. The third-order valence-electron chi connectivity index (χ3n) is 9.09.